The van der Waals surface area contributed by atoms with Gasteiger partial charge in [-0.15, -0.1) is 0 Å². The van der Waals surface area contributed by atoms with E-state index in [4.69, 9.17) is 0 Å². The van der Waals surface area contributed by atoms with Crippen LogP contribution in [0.15, 0.2) is 24.3 Å². The minimum absolute atomic E-state index is 0.368. The lowest BCUT2D eigenvalue weighted by Crippen LogP contribution is -2.22. The fraction of sp³-hybridized carbons (Fsp3) is 0.400. The van der Waals surface area contributed by atoms with Crippen LogP contribution in [0.1, 0.15) is 17.2 Å². The van der Waals surface area contributed by atoms with Gasteiger partial charge in [-0.25, -0.2) is 0 Å². The third-order valence-corrected chi connectivity index (χ3v) is 2.07. The van der Waals surface area contributed by atoms with Crippen LogP contribution in [0.5, 0.6) is 0 Å². The highest BCUT2D eigenvalue weighted by atomic mass is 19.4. The van der Waals surface area contributed by atoms with E-state index >= 15 is 0 Å². The van der Waals surface area contributed by atoms with Crippen LogP contribution in [0.3, 0.4) is 0 Å². The Labute approximate surface area is 93.0 Å². The first-order valence-corrected chi connectivity index (χ1v) is 4.43. The van der Waals surface area contributed by atoms with Gasteiger partial charge in [0.1, 0.15) is 0 Å². The first kappa shape index (κ1) is 13.8. The maximum Gasteiger partial charge on any atom is 0.418 e. The van der Waals surface area contributed by atoms with Crippen LogP contribution in [0.25, 0.3) is 0 Å². The Bertz CT molecular complexity index is 364. The van der Waals surface area contributed by atoms with Crippen LogP contribution in [-0.2, 0) is 10.9 Å². The van der Waals surface area contributed by atoms with Crippen molar-refractivity contribution in [1.29, 1.82) is 0 Å². The third-order valence-electron chi connectivity index (χ3n) is 2.07. The van der Waals surface area contributed by atoms with Gasteiger partial charge in [-0.2, -0.15) is 26.3 Å². The van der Waals surface area contributed by atoms with Crippen molar-refractivity contribution in [1.82, 2.24) is 0 Å². The lowest BCUT2D eigenvalue weighted by Gasteiger charge is -2.19. The van der Waals surface area contributed by atoms with Gasteiger partial charge in [-0.3, -0.25) is 0 Å². The summed E-state index contributed by atoms with van der Waals surface area (Å²) in [5, 5.41) is 0. The molecule has 1 rings (SSSR count). The number of benzene rings is 1. The molecule has 0 amide bonds. The third kappa shape index (κ3) is 3.36. The van der Waals surface area contributed by atoms with Gasteiger partial charge in [0, 0.05) is 7.11 Å². The standard InChI is InChI=1S/C10H8F6O/c1-17-8(10(14,15)16)6-2-4-7(5-3-6)9(11,12)13/h2-5,8H,1H3. The van der Waals surface area contributed by atoms with E-state index in [1.165, 1.54) is 0 Å². The summed E-state index contributed by atoms with van der Waals surface area (Å²) in [7, 11) is 0.843. The summed E-state index contributed by atoms with van der Waals surface area (Å²) in [5.74, 6) is 0. The van der Waals surface area contributed by atoms with E-state index in [1.807, 2.05) is 0 Å². The van der Waals surface area contributed by atoms with Crippen molar-refractivity contribution in [2.45, 2.75) is 18.5 Å². The van der Waals surface area contributed by atoms with Gasteiger partial charge in [0.25, 0.3) is 0 Å². The molecule has 7 heteroatoms. The zero-order chi connectivity index (χ0) is 13.3. The van der Waals surface area contributed by atoms with Crippen molar-refractivity contribution < 1.29 is 31.1 Å². The molecule has 0 aromatic heterocycles. The number of alkyl halides is 6. The van der Waals surface area contributed by atoms with E-state index < -0.39 is 24.0 Å². The van der Waals surface area contributed by atoms with Crippen LogP contribution < -0.4 is 0 Å². The van der Waals surface area contributed by atoms with Crippen molar-refractivity contribution in [3.05, 3.63) is 35.4 Å². The minimum Gasteiger partial charge on any atom is -0.367 e. The predicted molar refractivity (Wildman–Crippen MR) is 47.2 cm³/mol. The molecule has 1 unspecified atom stereocenters. The van der Waals surface area contributed by atoms with Gasteiger partial charge in [-0.05, 0) is 17.7 Å². The predicted octanol–water partition coefficient (Wildman–Crippen LogP) is 3.96. The molecular formula is C10H8F6O. The number of rotatable bonds is 2. The van der Waals surface area contributed by atoms with Crippen molar-refractivity contribution in [2.75, 3.05) is 7.11 Å². The van der Waals surface area contributed by atoms with Crippen LogP contribution in [0.2, 0.25) is 0 Å². The Morgan fingerprint density at radius 2 is 1.41 bits per heavy atom. The average Bonchev–Trinajstić information content (AvgIpc) is 2.16. The van der Waals surface area contributed by atoms with Gasteiger partial charge in [-0.1, -0.05) is 12.1 Å². The molecule has 0 aliphatic rings. The molecule has 0 saturated heterocycles. The van der Waals surface area contributed by atoms with E-state index in [9.17, 15) is 26.3 Å². The number of methoxy groups -OCH3 is 1. The molecule has 0 aliphatic carbocycles. The second-order valence-corrected chi connectivity index (χ2v) is 3.28. The lowest BCUT2D eigenvalue weighted by atomic mass is 10.1. The van der Waals surface area contributed by atoms with E-state index in [0.29, 0.717) is 12.1 Å². The monoisotopic (exact) mass is 258 g/mol. The van der Waals surface area contributed by atoms with Gasteiger partial charge in [0.05, 0.1) is 5.56 Å². The molecule has 0 heterocycles. The van der Waals surface area contributed by atoms with Crippen molar-refractivity contribution in [3.8, 4) is 0 Å². The second-order valence-electron chi connectivity index (χ2n) is 3.28. The molecule has 17 heavy (non-hydrogen) atoms. The Balaban J connectivity index is 3.02. The summed E-state index contributed by atoms with van der Waals surface area (Å²) >= 11 is 0. The largest absolute Gasteiger partial charge is 0.418 e. The minimum atomic E-state index is -4.66. The lowest BCUT2D eigenvalue weighted by molar-refractivity contribution is -0.215. The average molecular weight is 258 g/mol. The highest BCUT2D eigenvalue weighted by Crippen LogP contribution is 2.36. The summed E-state index contributed by atoms with van der Waals surface area (Å²) in [6.07, 6.45) is -11.4. The molecule has 0 spiro atoms. The van der Waals surface area contributed by atoms with Gasteiger partial charge in [0.2, 0.25) is 0 Å². The summed E-state index contributed by atoms with van der Waals surface area (Å²) < 4.78 is 77.9. The van der Waals surface area contributed by atoms with E-state index in [0.717, 1.165) is 19.2 Å². The Kier molecular flexibility index (Phi) is 3.71. The van der Waals surface area contributed by atoms with Crippen molar-refractivity contribution in [3.63, 3.8) is 0 Å². The molecule has 1 nitrogen and oxygen atoms in total. The zero-order valence-electron chi connectivity index (χ0n) is 8.56. The SMILES string of the molecule is COC(c1ccc(C(F)(F)F)cc1)C(F)(F)F. The molecule has 0 aliphatic heterocycles. The molecule has 0 bridgehead atoms. The summed E-state index contributed by atoms with van der Waals surface area (Å²) in [5.41, 5.74) is -1.37. The van der Waals surface area contributed by atoms with Gasteiger partial charge in [0.15, 0.2) is 6.10 Å². The Hall–Kier alpha value is -1.24. The molecule has 96 valence electrons. The van der Waals surface area contributed by atoms with Crippen LogP contribution in [0, 0.1) is 0 Å². The van der Waals surface area contributed by atoms with Crippen molar-refractivity contribution in [2.24, 2.45) is 0 Å². The highest BCUT2D eigenvalue weighted by Gasteiger charge is 2.41. The fourth-order valence-corrected chi connectivity index (χ4v) is 1.31. The number of halogens is 6. The molecule has 0 N–H and O–H groups in total. The number of hydrogen-bond acceptors (Lipinski definition) is 1. The van der Waals surface area contributed by atoms with E-state index in [2.05, 4.69) is 4.74 Å². The van der Waals surface area contributed by atoms with Crippen LogP contribution in [-0.4, -0.2) is 13.3 Å². The molecular weight excluding hydrogens is 250 g/mol. The molecule has 1 aromatic rings. The van der Waals surface area contributed by atoms with Gasteiger partial charge >= 0.3 is 12.4 Å². The molecule has 0 radical (unpaired) electrons. The molecule has 0 saturated carbocycles. The van der Waals surface area contributed by atoms with Gasteiger partial charge < -0.3 is 4.74 Å². The fourth-order valence-electron chi connectivity index (χ4n) is 1.31. The normalized spacial score (nSPS) is 14.8. The second kappa shape index (κ2) is 4.56. The van der Waals surface area contributed by atoms with Crippen LogP contribution >= 0.6 is 0 Å². The number of hydrogen-bond donors (Lipinski definition) is 0. The topological polar surface area (TPSA) is 9.23 Å². The van der Waals surface area contributed by atoms with E-state index in [1.54, 1.807) is 0 Å². The maximum absolute atomic E-state index is 12.4. The summed E-state index contributed by atoms with van der Waals surface area (Å²) in [6.45, 7) is 0. The first-order valence-electron chi connectivity index (χ1n) is 4.43. The Morgan fingerprint density at radius 1 is 0.941 bits per heavy atom. The number of ether oxygens (including phenoxy) is 1. The summed E-state index contributed by atoms with van der Waals surface area (Å²) in [4.78, 5) is 0. The molecule has 1 atom stereocenters. The molecule has 1 aromatic carbocycles. The zero-order valence-corrected chi connectivity index (χ0v) is 8.56. The van der Waals surface area contributed by atoms with E-state index in [-0.39, 0.29) is 5.56 Å². The maximum atomic E-state index is 12.4. The van der Waals surface area contributed by atoms with Crippen molar-refractivity contribution >= 4 is 0 Å². The Morgan fingerprint density at radius 3 is 1.71 bits per heavy atom. The van der Waals surface area contributed by atoms with Crippen LogP contribution in [0.4, 0.5) is 26.3 Å². The smallest absolute Gasteiger partial charge is 0.367 e. The quantitative estimate of drug-likeness (QED) is 0.730. The highest BCUT2D eigenvalue weighted by molar-refractivity contribution is 5.26. The summed E-state index contributed by atoms with van der Waals surface area (Å²) in [6, 6.07) is 2.69. The molecule has 0 fully saturated rings. The first-order chi connectivity index (χ1) is 7.66.